The van der Waals surface area contributed by atoms with Gasteiger partial charge in [0.2, 0.25) is 5.88 Å². The maximum Gasteiger partial charge on any atom is 0.233 e. The minimum absolute atomic E-state index is 0.0569. The van der Waals surface area contributed by atoms with E-state index in [1.165, 1.54) is 4.63 Å². The number of fused-ring (bicyclic) bond motifs is 1. The second-order valence-electron chi connectivity index (χ2n) is 3.95. The van der Waals surface area contributed by atoms with Crippen LogP contribution in [0.4, 0.5) is 0 Å². The van der Waals surface area contributed by atoms with Crippen LogP contribution in [0.2, 0.25) is 0 Å². The summed E-state index contributed by atoms with van der Waals surface area (Å²) in [6, 6.07) is 3.63. The van der Waals surface area contributed by atoms with Crippen molar-refractivity contribution >= 4 is 5.65 Å². The summed E-state index contributed by atoms with van der Waals surface area (Å²) in [5.41, 5.74) is 6.52. The van der Waals surface area contributed by atoms with Gasteiger partial charge in [-0.05, 0) is 35.8 Å². The summed E-state index contributed by atoms with van der Waals surface area (Å²) in [5, 5.41) is 15.1. The normalized spacial score (nSPS) is 25.1. The number of nitrogens with two attached hydrogens (primary N) is 1. The van der Waals surface area contributed by atoms with Gasteiger partial charge in [-0.15, -0.1) is 14.8 Å². The van der Waals surface area contributed by atoms with Crippen LogP contribution in [0.25, 0.3) is 5.65 Å². The molecule has 2 heterocycles. The standard InChI is InChI=1S/C9H12N6O/c10-6-2-1-3-7(6)16-9-5-4-8-11-13-14-15(8)12-9/h4-7H,1-3,10H2. The second kappa shape index (κ2) is 3.67. The van der Waals surface area contributed by atoms with Gasteiger partial charge in [0.25, 0.3) is 0 Å². The summed E-state index contributed by atoms with van der Waals surface area (Å²) in [6.45, 7) is 0. The maximum atomic E-state index is 5.92. The number of ether oxygens (including phenoxy) is 1. The largest absolute Gasteiger partial charge is 0.472 e. The average molecular weight is 220 g/mol. The number of tetrazole rings is 1. The van der Waals surface area contributed by atoms with Gasteiger partial charge in [-0.25, -0.2) is 0 Å². The highest BCUT2D eigenvalue weighted by molar-refractivity contribution is 5.34. The lowest BCUT2D eigenvalue weighted by Crippen LogP contribution is -2.33. The number of hydrogen-bond acceptors (Lipinski definition) is 6. The van der Waals surface area contributed by atoms with Crippen molar-refractivity contribution in [2.75, 3.05) is 0 Å². The third-order valence-electron chi connectivity index (χ3n) is 2.82. The maximum absolute atomic E-state index is 5.92. The van der Waals surface area contributed by atoms with Gasteiger partial charge < -0.3 is 10.5 Å². The molecule has 7 nitrogen and oxygen atoms in total. The Balaban J connectivity index is 1.83. The van der Waals surface area contributed by atoms with E-state index in [0.717, 1.165) is 19.3 Å². The first kappa shape index (κ1) is 9.46. The van der Waals surface area contributed by atoms with E-state index in [1.807, 2.05) is 0 Å². The first-order chi connectivity index (χ1) is 7.83. The lowest BCUT2D eigenvalue weighted by Gasteiger charge is -2.16. The Morgan fingerprint density at radius 2 is 2.31 bits per heavy atom. The minimum Gasteiger partial charge on any atom is -0.472 e. The summed E-state index contributed by atoms with van der Waals surface area (Å²) in [4.78, 5) is 0. The molecule has 2 atom stereocenters. The van der Waals surface area contributed by atoms with Gasteiger partial charge in [0, 0.05) is 12.1 Å². The van der Waals surface area contributed by atoms with Crippen molar-refractivity contribution < 1.29 is 4.74 Å². The number of aromatic nitrogens is 5. The summed E-state index contributed by atoms with van der Waals surface area (Å²) in [5.74, 6) is 0.516. The summed E-state index contributed by atoms with van der Waals surface area (Å²) < 4.78 is 7.06. The fourth-order valence-corrected chi connectivity index (χ4v) is 1.95. The molecule has 2 aromatic heterocycles. The molecule has 1 aliphatic rings. The molecule has 1 fully saturated rings. The van der Waals surface area contributed by atoms with Gasteiger partial charge >= 0.3 is 0 Å². The van der Waals surface area contributed by atoms with Crippen LogP contribution in [0.1, 0.15) is 19.3 Å². The zero-order chi connectivity index (χ0) is 11.0. The number of rotatable bonds is 2. The molecule has 0 spiro atoms. The fourth-order valence-electron chi connectivity index (χ4n) is 1.95. The zero-order valence-electron chi connectivity index (χ0n) is 8.65. The van der Waals surface area contributed by atoms with E-state index in [9.17, 15) is 0 Å². The topological polar surface area (TPSA) is 91.2 Å². The highest BCUT2D eigenvalue weighted by Crippen LogP contribution is 2.22. The average Bonchev–Trinajstić information content (AvgIpc) is 2.88. The van der Waals surface area contributed by atoms with E-state index in [0.29, 0.717) is 11.5 Å². The molecule has 16 heavy (non-hydrogen) atoms. The van der Waals surface area contributed by atoms with Gasteiger partial charge in [0.15, 0.2) is 5.65 Å². The van der Waals surface area contributed by atoms with Crippen molar-refractivity contribution in [3.63, 3.8) is 0 Å². The van der Waals surface area contributed by atoms with E-state index in [1.54, 1.807) is 12.1 Å². The SMILES string of the molecule is NC1CCCC1Oc1ccc2nnnn2n1. The molecule has 2 aromatic rings. The van der Waals surface area contributed by atoms with Crippen molar-refractivity contribution in [3.8, 4) is 5.88 Å². The molecule has 0 radical (unpaired) electrons. The smallest absolute Gasteiger partial charge is 0.233 e. The molecular formula is C9H12N6O. The Kier molecular flexibility index (Phi) is 2.17. The fraction of sp³-hybridized carbons (Fsp3) is 0.556. The van der Waals surface area contributed by atoms with Crippen LogP contribution in [-0.4, -0.2) is 37.4 Å². The molecule has 0 aromatic carbocycles. The molecule has 7 heteroatoms. The first-order valence-corrected chi connectivity index (χ1v) is 5.30. The predicted octanol–water partition coefficient (Wildman–Crippen LogP) is -0.222. The van der Waals surface area contributed by atoms with Crippen LogP contribution >= 0.6 is 0 Å². The zero-order valence-corrected chi connectivity index (χ0v) is 8.65. The summed E-state index contributed by atoms with van der Waals surface area (Å²) in [6.07, 6.45) is 3.16. The van der Waals surface area contributed by atoms with E-state index in [-0.39, 0.29) is 12.1 Å². The summed E-state index contributed by atoms with van der Waals surface area (Å²) in [7, 11) is 0. The highest BCUT2D eigenvalue weighted by atomic mass is 16.5. The first-order valence-electron chi connectivity index (χ1n) is 5.30. The van der Waals surface area contributed by atoms with Crippen LogP contribution in [-0.2, 0) is 0 Å². The monoisotopic (exact) mass is 220 g/mol. The Hall–Kier alpha value is -1.76. The molecule has 84 valence electrons. The van der Waals surface area contributed by atoms with Gasteiger partial charge in [-0.3, -0.25) is 0 Å². The summed E-state index contributed by atoms with van der Waals surface area (Å²) >= 11 is 0. The second-order valence-corrected chi connectivity index (χ2v) is 3.95. The van der Waals surface area contributed by atoms with Gasteiger partial charge in [-0.2, -0.15) is 0 Å². The van der Waals surface area contributed by atoms with E-state index in [2.05, 4.69) is 20.6 Å². The Bertz CT molecular complexity index is 497. The lowest BCUT2D eigenvalue weighted by molar-refractivity contribution is 0.180. The molecule has 0 bridgehead atoms. The molecule has 2 N–H and O–H groups in total. The van der Waals surface area contributed by atoms with Crippen LogP contribution in [0.3, 0.4) is 0 Å². The van der Waals surface area contributed by atoms with Crippen LogP contribution in [0, 0.1) is 0 Å². The molecular weight excluding hydrogens is 208 g/mol. The van der Waals surface area contributed by atoms with Crippen molar-refractivity contribution in [1.29, 1.82) is 0 Å². The lowest BCUT2D eigenvalue weighted by atomic mass is 10.2. The van der Waals surface area contributed by atoms with E-state index in [4.69, 9.17) is 10.5 Å². The number of hydrogen-bond donors (Lipinski definition) is 1. The predicted molar refractivity (Wildman–Crippen MR) is 54.8 cm³/mol. The molecule has 0 amide bonds. The van der Waals surface area contributed by atoms with E-state index < -0.39 is 0 Å². The van der Waals surface area contributed by atoms with Crippen molar-refractivity contribution in [1.82, 2.24) is 25.3 Å². The Morgan fingerprint density at radius 3 is 3.12 bits per heavy atom. The molecule has 0 saturated heterocycles. The van der Waals surface area contributed by atoms with E-state index >= 15 is 0 Å². The van der Waals surface area contributed by atoms with Gasteiger partial charge in [-0.1, -0.05) is 0 Å². The molecule has 3 rings (SSSR count). The van der Waals surface area contributed by atoms with Gasteiger partial charge in [0.1, 0.15) is 6.10 Å². The Labute approximate surface area is 91.6 Å². The molecule has 1 aliphatic carbocycles. The van der Waals surface area contributed by atoms with Crippen molar-refractivity contribution in [2.24, 2.45) is 5.73 Å². The minimum atomic E-state index is 0.0569. The number of nitrogens with zero attached hydrogens (tertiary/aromatic N) is 5. The third-order valence-corrected chi connectivity index (χ3v) is 2.82. The van der Waals surface area contributed by atoms with Crippen LogP contribution in [0.5, 0.6) is 5.88 Å². The van der Waals surface area contributed by atoms with Crippen molar-refractivity contribution in [3.05, 3.63) is 12.1 Å². The molecule has 0 aliphatic heterocycles. The van der Waals surface area contributed by atoms with Crippen LogP contribution in [0.15, 0.2) is 12.1 Å². The van der Waals surface area contributed by atoms with Crippen molar-refractivity contribution in [2.45, 2.75) is 31.4 Å². The molecule has 1 saturated carbocycles. The van der Waals surface area contributed by atoms with Crippen LogP contribution < -0.4 is 10.5 Å². The highest BCUT2D eigenvalue weighted by Gasteiger charge is 2.26. The quantitative estimate of drug-likeness (QED) is 0.752. The van der Waals surface area contributed by atoms with Gasteiger partial charge in [0.05, 0.1) is 0 Å². The Morgan fingerprint density at radius 1 is 1.38 bits per heavy atom. The third kappa shape index (κ3) is 1.58. The molecule has 2 unspecified atom stereocenters.